The first-order chi connectivity index (χ1) is 12.1. The highest BCUT2D eigenvalue weighted by Crippen LogP contribution is 2.18. The zero-order chi connectivity index (χ0) is 18.1. The molecule has 0 radical (unpaired) electrons. The Kier molecular flexibility index (Phi) is 7.03. The Morgan fingerprint density at radius 2 is 1.92 bits per heavy atom. The van der Waals surface area contributed by atoms with Gasteiger partial charge in [0.2, 0.25) is 0 Å². The highest BCUT2D eigenvalue weighted by molar-refractivity contribution is 8.13. The lowest BCUT2D eigenvalue weighted by Gasteiger charge is -2.11. The van der Waals surface area contributed by atoms with Gasteiger partial charge in [-0.3, -0.25) is 0 Å². The molecule has 6 nitrogen and oxygen atoms in total. The third-order valence-corrected chi connectivity index (χ3v) is 4.01. The summed E-state index contributed by atoms with van der Waals surface area (Å²) in [4.78, 5) is 10.9. The van der Waals surface area contributed by atoms with Gasteiger partial charge >= 0.3 is 5.97 Å². The largest absolute Gasteiger partial charge is 0.479 e. The van der Waals surface area contributed by atoms with Crippen LogP contribution in [0.3, 0.4) is 0 Å². The van der Waals surface area contributed by atoms with Crippen LogP contribution in [0.25, 0.3) is 0 Å². The summed E-state index contributed by atoms with van der Waals surface area (Å²) in [6, 6.07) is 16.9. The molecule has 0 aliphatic rings. The van der Waals surface area contributed by atoms with Gasteiger partial charge in [-0.2, -0.15) is 5.10 Å². The number of thioether (sulfide) groups is 1. The van der Waals surface area contributed by atoms with Crippen LogP contribution in [0.5, 0.6) is 5.75 Å². The van der Waals surface area contributed by atoms with Crippen molar-refractivity contribution in [2.45, 2.75) is 18.8 Å². The molecule has 0 aliphatic carbocycles. The van der Waals surface area contributed by atoms with Crippen LogP contribution in [0.2, 0.25) is 0 Å². The zero-order valence-electron chi connectivity index (χ0n) is 13.7. The Balaban J connectivity index is 1.97. The summed E-state index contributed by atoms with van der Waals surface area (Å²) < 4.78 is 5.39. The summed E-state index contributed by atoms with van der Waals surface area (Å²) in [5, 5.41) is 17.2. The van der Waals surface area contributed by atoms with Gasteiger partial charge in [-0.05, 0) is 24.6 Å². The number of ether oxygens (including phenoxy) is 1. The van der Waals surface area contributed by atoms with Gasteiger partial charge in [0.25, 0.3) is 0 Å². The number of amidine groups is 1. The van der Waals surface area contributed by atoms with Gasteiger partial charge < -0.3 is 15.6 Å². The van der Waals surface area contributed by atoms with Gasteiger partial charge in [0.05, 0.1) is 6.21 Å². The average Bonchev–Trinajstić information content (AvgIpc) is 2.62. The van der Waals surface area contributed by atoms with Crippen molar-refractivity contribution >= 4 is 29.1 Å². The van der Waals surface area contributed by atoms with Gasteiger partial charge in [-0.25, -0.2) is 4.79 Å². The quantitative estimate of drug-likeness (QED) is 0.451. The molecule has 0 fully saturated rings. The van der Waals surface area contributed by atoms with Crippen LogP contribution in [-0.2, 0) is 10.5 Å². The molecule has 2 aromatic rings. The summed E-state index contributed by atoms with van der Waals surface area (Å²) in [6.45, 7) is 1.46. The highest BCUT2D eigenvalue weighted by atomic mass is 32.2. The predicted molar refractivity (Wildman–Crippen MR) is 101 cm³/mol. The number of rotatable bonds is 7. The summed E-state index contributed by atoms with van der Waals surface area (Å²) >= 11 is 1.39. The average molecular weight is 357 g/mol. The predicted octanol–water partition coefficient (Wildman–Crippen LogP) is 3.12. The van der Waals surface area contributed by atoms with E-state index in [1.807, 2.05) is 30.3 Å². The Morgan fingerprint density at radius 1 is 1.24 bits per heavy atom. The number of nitrogens with two attached hydrogens (primary N) is 1. The van der Waals surface area contributed by atoms with E-state index in [0.717, 1.165) is 5.56 Å². The van der Waals surface area contributed by atoms with Gasteiger partial charge in [0.15, 0.2) is 11.3 Å². The molecule has 1 atom stereocenters. The molecule has 0 saturated carbocycles. The maximum absolute atomic E-state index is 10.9. The molecule has 0 aliphatic heterocycles. The topological polar surface area (TPSA) is 97.3 Å². The minimum Gasteiger partial charge on any atom is -0.479 e. The van der Waals surface area contributed by atoms with E-state index in [4.69, 9.17) is 15.6 Å². The van der Waals surface area contributed by atoms with Crippen molar-refractivity contribution in [1.29, 1.82) is 0 Å². The van der Waals surface area contributed by atoms with Gasteiger partial charge in [0.1, 0.15) is 5.75 Å². The molecular formula is C18H19N3O3S. The Morgan fingerprint density at radius 3 is 2.64 bits per heavy atom. The number of para-hydroxylation sites is 1. The summed E-state index contributed by atoms with van der Waals surface area (Å²) in [6.07, 6.45) is 0.532. The lowest BCUT2D eigenvalue weighted by Crippen LogP contribution is -2.23. The van der Waals surface area contributed by atoms with Crippen LogP contribution in [-0.4, -0.2) is 28.6 Å². The molecule has 3 N–H and O–H groups in total. The van der Waals surface area contributed by atoms with Crippen LogP contribution < -0.4 is 10.5 Å². The van der Waals surface area contributed by atoms with E-state index in [-0.39, 0.29) is 0 Å². The van der Waals surface area contributed by atoms with Crippen LogP contribution in [0.4, 0.5) is 0 Å². The van der Waals surface area contributed by atoms with Crippen molar-refractivity contribution in [1.82, 2.24) is 0 Å². The van der Waals surface area contributed by atoms with E-state index in [9.17, 15) is 4.79 Å². The van der Waals surface area contributed by atoms with Gasteiger partial charge in [-0.15, -0.1) is 5.10 Å². The fourth-order valence-corrected chi connectivity index (χ4v) is 2.46. The second kappa shape index (κ2) is 9.48. The monoisotopic (exact) mass is 357 g/mol. The third kappa shape index (κ3) is 6.31. The van der Waals surface area contributed by atoms with Crippen molar-refractivity contribution in [3.63, 3.8) is 0 Å². The van der Waals surface area contributed by atoms with E-state index in [0.29, 0.717) is 22.2 Å². The molecule has 2 rings (SSSR count). The number of benzene rings is 2. The van der Waals surface area contributed by atoms with Crippen molar-refractivity contribution in [2.75, 3.05) is 0 Å². The molecule has 0 bridgehead atoms. The molecule has 2 aromatic carbocycles. The Hall–Kier alpha value is -2.80. The molecule has 25 heavy (non-hydrogen) atoms. The fourth-order valence-electron chi connectivity index (χ4n) is 1.84. The minimum absolute atomic E-state index is 0.345. The van der Waals surface area contributed by atoms with E-state index in [1.54, 1.807) is 24.3 Å². The summed E-state index contributed by atoms with van der Waals surface area (Å²) in [7, 11) is 0. The molecular weight excluding hydrogens is 338 g/mol. The number of carbonyl (C=O) groups is 1. The van der Waals surface area contributed by atoms with Crippen molar-refractivity contribution in [3.8, 4) is 5.75 Å². The first kappa shape index (κ1) is 18.5. The summed E-state index contributed by atoms with van der Waals surface area (Å²) in [5.74, 6) is 0.0970. The molecule has 0 saturated heterocycles. The standard InChI is InChI=1S/C18H19N3O3S/c1-13(17(22)23)24-16-10-6-5-9-15(16)11-20-21-18(19)25-12-14-7-3-2-4-8-14/h2-11,13H,12H2,1H3,(H2,19,21)(H,22,23). The Bertz CT molecular complexity index is 763. The SMILES string of the molecule is CC(Oc1ccccc1C=NN=C(N)SCc1ccccc1)C(=O)O. The van der Waals surface area contributed by atoms with Crippen molar-refractivity contribution in [3.05, 3.63) is 65.7 Å². The molecule has 7 heteroatoms. The Labute approximate surface area is 150 Å². The number of aliphatic carboxylic acids is 1. The molecule has 130 valence electrons. The second-order valence-electron chi connectivity index (χ2n) is 5.09. The molecule has 1 unspecified atom stereocenters. The number of carboxylic acids is 1. The van der Waals surface area contributed by atoms with E-state index in [2.05, 4.69) is 10.2 Å². The number of nitrogens with zero attached hydrogens (tertiary/aromatic N) is 2. The maximum Gasteiger partial charge on any atom is 0.344 e. The normalized spacial score (nSPS) is 12.9. The van der Waals surface area contributed by atoms with Crippen LogP contribution in [0.1, 0.15) is 18.1 Å². The zero-order valence-corrected chi connectivity index (χ0v) is 14.5. The number of hydrogen-bond acceptors (Lipinski definition) is 5. The first-order valence-electron chi connectivity index (χ1n) is 7.58. The lowest BCUT2D eigenvalue weighted by atomic mass is 10.2. The molecule has 0 spiro atoms. The summed E-state index contributed by atoms with van der Waals surface area (Å²) in [5.41, 5.74) is 7.61. The maximum atomic E-state index is 10.9. The van der Waals surface area contributed by atoms with Crippen LogP contribution >= 0.6 is 11.8 Å². The van der Waals surface area contributed by atoms with Crippen molar-refractivity contribution in [2.24, 2.45) is 15.9 Å². The molecule has 0 aromatic heterocycles. The smallest absolute Gasteiger partial charge is 0.344 e. The van der Waals surface area contributed by atoms with Crippen LogP contribution in [0, 0.1) is 0 Å². The minimum atomic E-state index is -1.04. The van der Waals surface area contributed by atoms with Crippen molar-refractivity contribution < 1.29 is 14.6 Å². The lowest BCUT2D eigenvalue weighted by molar-refractivity contribution is -0.144. The second-order valence-corrected chi connectivity index (χ2v) is 6.09. The molecule has 0 amide bonds. The number of carboxylic acid groups (broad SMARTS) is 1. The van der Waals surface area contributed by atoms with E-state index in [1.165, 1.54) is 24.9 Å². The first-order valence-corrected chi connectivity index (χ1v) is 8.56. The van der Waals surface area contributed by atoms with E-state index >= 15 is 0 Å². The van der Waals surface area contributed by atoms with Gasteiger partial charge in [0, 0.05) is 11.3 Å². The highest BCUT2D eigenvalue weighted by Gasteiger charge is 2.13. The fraction of sp³-hybridized carbons (Fsp3) is 0.167. The third-order valence-electron chi connectivity index (χ3n) is 3.15. The van der Waals surface area contributed by atoms with E-state index < -0.39 is 12.1 Å². The molecule has 0 heterocycles. The van der Waals surface area contributed by atoms with Gasteiger partial charge in [-0.1, -0.05) is 54.2 Å². The number of hydrogen-bond donors (Lipinski definition) is 2. The van der Waals surface area contributed by atoms with Crippen LogP contribution in [0.15, 0.2) is 64.8 Å².